The average Bonchev–Trinajstić information content (AvgIpc) is 3.04. The summed E-state index contributed by atoms with van der Waals surface area (Å²) in [5, 5.41) is 3.13. The van der Waals surface area contributed by atoms with Crippen LogP contribution in [-0.2, 0) is 9.53 Å². The van der Waals surface area contributed by atoms with Crippen LogP contribution in [0.4, 0.5) is 4.39 Å². The maximum absolute atomic E-state index is 13.4. The number of piperidine rings is 1. The topological polar surface area (TPSA) is 74.8 Å². The van der Waals surface area contributed by atoms with Crippen molar-refractivity contribution in [1.82, 2.24) is 20.1 Å². The Morgan fingerprint density at radius 3 is 2.68 bits per heavy atom. The molecule has 2 aliphatic rings. The van der Waals surface area contributed by atoms with Gasteiger partial charge in [-0.25, -0.2) is 4.39 Å². The number of hydrogen-bond acceptors (Lipinski definition) is 5. The molecule has 3 heterocycles. The highest BCUT2D eigenvalue weighted by atomic mass is 19.1. The summed E-state index contributed by atoms with van der Waals surface area (Å²) < 4.78 is 18.6. The van der Waals surface area contributed by atoms with Crippen LogP contribution in [0, 0.1) is 5.82 Å². The molecule has 0 bridgehead atoms. The van der Waals surface area contributed by atoms with Crippen LogP contribution < -0.4 is 5.32 Å². The molecular weight excluding hydrogens is 435 g/mol. The lowest BCUT2D eigenvalue weighted by atomic mass is 9.99. The van der Waals surface area contributed by atoms with E-state index in [4.69, 9.17) is 4.74 Å². The van der Waals surface area contributed by atoms with E-state index in [1.54, 1.807) is 37.6 Å². The molecule has 2 aliphatic heterocycles. The number of rotatable bonds is 7. The fraction of sp³-hybridized carbons (Fsp3) is 0.500. The normalized spacial score (nSPS) is 20.2. The van der Waals surface area contributed by atoms with Crippen LogP contribution in [0.15, 0.2) is 42.6 Å². The molecule has 0 aliphatic carbocycles. The van der Waals surface area contributed by atoms with Gasteiger partial charge in [0.2, 0.25) is 5.91 Å². The molecule has 7 nitrogen and oxygen atoms in total. The van der Waals surface area contributed by atoms with Crippen LogP contribution in [-0.4, -0.2) is 78.6 Å². The summed E-state index contributed by atoms with van der Waals surface area (Å²) in [6.07, 6.45) is 5.78. The Morgan fingerprint density at radius 2 is 1.97 bits per heavy atom. The molecule has 1 atom stereocenters. The largest absolute Gasteiger partial charge is 0.383 e. The first-order chi connectivity index (χ1) is 16.5. The molecule has 1 aromatic heterocycles. The van der Waals surface area contributed by atoms with Crippen molar-refractivity contribution < 1.29 is 18.7 Å². The highest BCUT2D eigenvalue weighted by Crippen LogP contribution is 2.22. The van der Waals surface area contributed by atoms with E-state index in [0.717, 1.165) is 45.3 Å². The third-order valence-electron chi connectivity index (χ3n) is 6.87. The van der Waals surface area contributed by atoms with E-state index in [9.17, 15) is 14.0 Å². The van der Waals surface area contributed by atoms with Crippen molar-refractivity contribution in [2.75, 3.05) is 39.9 Å². The van der Waals surface area contributed by atoms with Crippen molar-refractivity contribution in [2.24, 2.45) is 0 Å². The van der Waals surface area contributed by atoms with E-state index in [1.807, 2.05) is 4.90 Å². The number of nitrogens with zero attached hydrogens (tertiary/aromatic N) is 3. The first-order valence-corrected chi connectivity index (χ1v) is 12.1. The lowest BCUT2D eigenvalue weighted by Crippen LogP contribution is -2.48. The summed E-state index contributed by atoms with van der Waals surface area (Å²) >= 11 is 0. The molecule has 2 fully saturated rings. The van der Waals surface area contributed by atoms with Crippen LogP contribution in [0.2, 0.25) is 0 Å². The number of carbonyl (C=O) groups excluding carboxylic acids is 2. The number of pyridine rings is 1. The second-order valence-corrected chi connectivity index (χ2v) is 9.08. The minimum absolute atomic E-state index is 0.122. The zero-order valence-electron chi connectivity index (χ0n) is 19.7. The Kier molecular flexibility index (Phi) is 8.24. The number of hydrogen-bond donors (Lipinski definition) is 1. The molecule has 0 radical (unpaired) electrons. The van der Waals surface area contributed by atoms with E-state index in [0.29, 0.717) is 42.4 Å². The van der Waals surface area contributed by atoms with Crippen LogP contribution in [0.3, 0.4) is 0 Å². The standard InChI is InChI=1S/C26H33FN4O3/c1-34-16-15-31-14-11-23(6-8-25(31)32)30-12-9-22(10-13-30)29-26(33)20-5-7-24(28-18-20)19-3-2-4-21(27)17-19/h2-5,7,17-18,22-23H,6,8-16H2,1H3,(H,29,33). The van der Waals surface area contributed by atoms with Crippen molar-refractivity contribution >= 4 is 11.8 Å². The van der Waals surface area contributed by atoms with Gasteiger partial charge in [0.15, 0.2) is 0 Å². The van der Waals surface area contributed by atoms with Gasteiger partial charge >= 0.3 is 0 Å². The third kappa shape index (κ3) is 6.18. The monoisotopic (exact) mass is 468 g/mol. The van der Waals surface area contributed by atoms with Gasteiger partial charge < -0.3 is 19.9 Å². The number of benzene rings is 1. The molecular formula is C26H33FN4O3. The van der Waals surface area contributed by atoms with Gasteiger partial charge in [-0.05, 0) is 49.9 Å². The van der Waals surface area contributed by atoms with Gasteiger partial charge in [-0.15, -0.1) is 0 Å². The summed E-state index contributed by atoms with van der Waals surface area (Å²) in [5.74, 6) is -0.226. The Balaban J connectivity index is 1.25. The maximum Gasteiger partial charge on any atom is 0.253 e. The van der Waals surface area contributed by atoms with E-state index >= 15 is 0 Å². The number of aromatic nitrogens is 1. The number of carbonyl (C=O) groups is 2. The highest BCUT2D eigenvalue weighted by Gasteiger charge is 2.29. The van der Waals surface area contributed by atoms with Crippen molar-refractivity contribution in [3.8, 4) is 11.3 Å². The minimum Gasteiger partial charge on any atom is -0.383 e. The smallest absolute Gasteiger partial charge is 0.253 e. The molecule has 34 heavy (non-hydrogen) atoms. The predicted octanol–water partition coefficient (Wildman–Crippen LogP) is 3.11. The van der Waals surface area contributed by atoms with Crippen LogP contribution >= 0.6 is 0 Å². The van der Waals surface area contributed by atoms with Crippen molar-refractivity contribution in [1.29, 1.82) is 0 Å². The van der Waals surface area contributed by atoms with Gasteiger partial charge in [0.1, 0.15) is 5.82 Å². The highest BCUT2D eigenvalue weighted by molar-refractivity contribution is 5.94. The zero-order valence-corrected chi connectivity index (χ0v) is 19.7. The molecule has 2 aromatic rings. The molecule has 1 unspecified atom stereocenters. The maximum atomic E-state index is 13.4. The summed E-state index contributed by atoms with van der Waals surface area (Å²) in [7, 11) is 1.66. The van der Waals surface area contributed by atoms with Gasteiger partial charge in [-0.3, -0.25) is 14.6 Å². The van der Waals surface area contributed by atoms with Gasteiger partial charge in [0, 0.05) is 63.6 Å². The van der Waals surface area contributed by atoms with Crippen LogP contribution in [0.1, 0.15) is 42.5 Å². The lowest BCUT2D eigenvalue weighted by molar-refractivity contribution is -0.131. The van der Waals surface area contributed by atoms with Crippen LogP contribution in [0.25, 0.3) is 11.3 Å². The fourth-order valence-electron chi connectivity index (χ4n) is 4.85. The van der Waals surface area contributed by atoms with Gasteiger partial charge in [-0.2, -0.15) is 0 Å². The predicted molar refractivity (Wildman–Crippen MR) is 128 cm³/mol. The van der Waals surface area contributed by atoms with E-state index < -0.39 is 0 Å². The summed E-state index contributed by atoms with van der Waals surface area (Å²) in [6, 6.07) is 10.3. The van der Waals surface area contributed by atoms with Gasteiger partial charge in [0.25, 0.3) is 5.91 Å². The van der Waals surface area contributed by atoms with Gasteiger partial charge in [-0.1, -0.05) is 12.1 Å². The average molecular weight is 469 g/mol. The molecule has 4 rings (SSSR count). The Labute approximate surface area is 200 Å². The Bertz CT molecular complexity index is 976. The number of amides is 2. The second kappa shape index (κ2) is 11.5. The first kappa shape index (κ1) is 24.3. The minimum atomic E-state index is -0.314. The van der Waals surface area contributed by atoms with Crippen molar-refractivity contribution in [3.63, 3.8) is 0 Å². The fourth-order valence-corrected chi connectivity index (χ4v) is 4.85. The molecule has 1 N–H and O–H groups in total. The lowest BCUT2D eigenvalue weighted by Gasteiger charge is -2.37. The zero-order chi connectivity index (χ0) is 23.9. The Morgan fingerprint density at radius 1 is 1.15 bits per heavy atom. The molecule has 182 valence electrons. The number of halogens is 1. The quantitative estimate of drug-likeness (QED) is 0.676. The number of likely N-dealkylation sites (tertiary alicyclic amines) is 2. The number of nitrogens with one attached hydrogen (secondary N) is 1. The van der Waals surface area contributed by atoms with Crippen LogP contribution in [0.5, 0.6) is 0 Å². The molecule has 2 saturated heterocycles. The van der Waals surface area contributed by atoms with Crippen molar-refractivity contribution in [2.45, 2.75) is 44.2 Å². The number of methoxy groups -OCH3 is 1. The molecule has 0 spiro atoms. The van der Waals surface area contributed by atoms with E-state index in [-0.39, 0.29) is 23.7 Å². The second-order valence-electron chi connectivity index (χ2n) is 9.08. The Hall–Kier alpha value is -2.84. The summed E-state index contributed by atoms with van der Waals surface area (Å²) in [6.45, 7) is 3.85. The van der Waals surface area contributed by atoms with E-state index in [1.165, 1.54) is 12.1 Å². The third-order valence-corrected chi connectivity index (χ3v) is 6.87. The summed E-state index contributed by atoms with van der Waals surface area (Å²) in [4.78, 5) is 33.8. The molecule has 8 heteroatoms. The van der Waals surface area contributed by atoms with Gasteiger partial charge in [0.05, 0.1) is 17.9 Å². The molecule has 0 saturated carbocycles. The first-order valence-electron chi connectivity index (χ1n) is 12.1. The van der Waals surface area contributed by atoms with E-state index in [2.05, 4.69) is 15.2 Å². The molecule has 2 amide bonds. The SMILES string of the molecule is COCCN1CCC(N2CCC(NC(=O)c3ccc(-c4cccc(F)c4)nc3)CC2)CCC1=O. The molecule has 1 aromatic carbocycles. The summed E-state index contributed by atoms with van der Waals surface area (Å²) in [5.41, 5.74) is 1.81. The number of ether oxygens (including phenoxy) is 1. The van der Waals surface area contributed by atoms with Crippen molar-refractivity contribution in [3.05, 3.63) is 54.0 Å².